The molecule has 1 N–H and O–H groups in total. The van der Waals surface area contributed by atoms with Crippen molar-refractivity contribution in [1.82, 2.24) is 24.6 Å². The number of hydrogen-bond donors (Lipinski definition) is 1. The lowest BCUT2D eigenvalue weighted by molar-refractivity contribution is -0.0743. The van der Waals surface area contributed by atoms with Crippen molar-refractivity contribution in [3.05, 3.63) is 42.0 Å². The first-order valence-corrected chi connectivity index (χ1v) is 9.91. The second kappa shape index (κ2) is 8.28. The van der Waals surface area contributed by atoms with Crippen molar-refractivity contribution in [1.29, 1.82) is 0 Å². The minimum absolute atomic E-state index is 0.0787. The summed E-state index contributed by atoms with van der Waals surface area (Å²) in [4.78, 5) is 21.6. The molecular weight excluding hydrogens is 358 g/mol. The third-order valence-corrected chi connectivity index (χ3v) is 5.56. The molecule has 2 aromatic heterocycles. The minimum atomic E-state index is -0.279. The number of pyridine rings is 1. The molecule has 1 amide bonds. The van der Waals surface area contributed by atoms with Crippen LogP contribution in [0.25, 0.3) is 0 Å². The van der Waals surface area contributed by atoms with Crippen LogP contribution in [0.3, 0.4) is 0 Å². The SMILES string of the molecule is Cn1cc([C@H]2[C@H](CN3CCCCC3)OCCN2C(=O)c2ncccc2O)cn1. The Labute approximate surface area is 164 Å². The number of likely N-dealkylation sites (tertiary alicyclic amines) is 1. The summed E-state index contributed by atoms with van der Waals surface area (Å²) in [5.74, 6) is -0.379. The van der Waals surface area contributed by atoms with Gasteiger partial charge in [0.2, 0.25) is 0 Å². The van der Waals surface area contributed by atoms with Gasteiger partial charge in [0.1, 0.15) is 5.75 Å². The van der Waals surface area contributed by atoms with E-state index in [2.05, 4.69) is 15.0 Å². The van der Waals surface area contributed by atoms with E-state index >= 15 is 0 Å². The number of carbonyl (C=O) groups is 1. The lowest BCUT2D eigenvalue weighted by Gasteiger charge is -2.43. The molecule has 0 saturated carbocycles. The molecule has 2 saturated heterocycles. The Kier molecular flexibility index (Phi) is 5.59. The van der Waals surface area contributed by atoms with E-state index in [1.807, 2.05) is 13.2 Å². The van der Waals surface area contributed by atoms with Gasteiger partial charge in [0.15, 0.2) is 5.69 Å². The highest BCUT2D eigenvalue weighted by atomic mass is 16.5. The van der Waals surface area contributed by atoms with Crippen molar-refractivity contribution >= 4 is 5.91 Å². The number of amides is 1. The summed E-state index contributed by atoms with van der Waals surface area (Å²) < 4.78 is 7.89. The number of piperidine rings is 1. The molecule has 150 valence electrons. The predicted molar refractivity (Wildman–Crippen MR) is 103 cm³/mol. The van der Waals surface area contributed by atoms with E-state index in [-0.39, 0.29) is 29.5 Å². The maximum absolute atomic E-state index is 13.3. The highest BCUT2D eigenvalue weighted by molar-refractivity contribution is 5.95. The van der Waals surface area contributed by atoms with Crippen molar-refractivity contribution in [3.8, 4) is 5.75 Å². The van der Waals surface area contributed by atoms with Crippen molar-refractivity contribution in [3.63, 3.8) is 0 Å². The van der Waals surface area contributed by atoms with Crippen LogP contribution in [0.5, 0.6) is 5.75 Å². The Morgan fingerprint density at radius 3 is 2.82 bits per heavy atom. The smallest absolute Gasteiger partial charge is 0.276 e. The Morgan fingerprint density at radius 2 is 2.11 bits per heavy atom. The number of rotatable bonds is 4. The second-order valence-corrected chi connectivity index (χ2v) is 7.53. The van der Waals surface area contributed by atoms with Crippen molar-refractivity contribution in [2.75, 3.05) is 32.8 Å². The van der Waals surface area contributed by atoms with Crippen LogP contribution in [0.15, 0.2) is 30.7 Å². The van der Waals surface area contributed by atoms with E-state index in [0.717, 1.165) is 25.2 Å². The van der Waals surface area contributed by atoms with Crippen LogP contribution in [-0.2, 0) is 11.8 Å². The Morgan fingerprint density at radius 1 is 1.29 bits per heavy atom. The first kappa shape index (κ1) is 18.9. The molecule has 8 heteroatoms. The third-order valence-electron chi connectivity index (χ3n) is 5.56. The molecule has 2 aliphatic heterocycles. The van der Waals surface area contributed by atoms with Gasteiger partial charge < -0.3 is 19.6 Å². The number of ether oxygens (including phenoxy) is 1. The molecule has 0 spiro atoms. The van der Waals surface area contributed by atoms with Gasteiger partial charge in [0.25, 0.3) is 5.91 Å². The molecule has 0 aromatic carbocycles. The molecule has 0 unspecified atom stereocenters. The highest BCUT2D eigenvalue weighted by Crippen LogP contribution is 2.32. The lowest BCUT2D eigenvalue weighted by Crippen LogP contribution is -2.52. The van der Waals surface area contributed by atoms with Gasteiger partial charge in [-0.2, -0.15) is 5.10 Å². The van der Waals surface area contributed by atoms with Gasteiger partial charge in [-0.3, -0.25) is 9.48 Å². The number of aryl methyl sites for hydroxylation is 1. The van der Waals surface area contributed by atoms with Gasteiger partial charge in [-0.05, 0) is 38.1 Å². The van der Waals surface area contributed by atoms with Crippen molar-refractivity contribution < 1.29 is 14.6 Å². The molecule has 2 fully saturated rings. The maximum atomic E-state index is 13.3. The lowest BCUT2D eigenvalue weighted by atomic mass is 9.98. The molecule has 0 radical (unpaired) electrons. The summed E-state index contributed by atoms with van der Waals surface area (Å²) in [6.07, 6.45) is 8.78. The topological polar surface area (TPSA) is 83.7 Å². The van der Waals surface area contributed by atoms with Gasteiger partial charge >= 0.3 is 0 Å². The van der Waals surface area contributed by atoms with Gasteiger partial charge in [0, 0.05) is 38.1 Å². The van der Waals surface area contributed by atoms with E-state index < -0.39 is 0 Å². The minimum Gasteiger partial charge on any atom is -0.505 e. The molecule has 4 rings (SSSR count). The fourth-order valence-corrected chi connectivity index (χ4v) is 4.20. The number of aromatic nitrogens is 3. The van der Waals surface area contributed by atoms with Crippen LogP contribution in [0.2, 0.25) is 0 Å². The van der Waals surface area contributed by atoms with Gasteiger partial charge in [0.05, 0.1) is 24.9 Å². The van der Waals surface area contributed by atoms with Gasteiger partial charge in [-0.15, -0.1) is 0 Å². The largest absolute Gasteiger partial charge is 0.505 e. The fraction of sp³-hybridized carbons (Fsp3) is 0.550. The monoisotopic (exact) mass is 385 g/mol. The molecule has 0 bridgehead atoms. The highest BCUT2D eigenvalue weighted by Gasteiger charge is 2.39. The maximum Gasteiger partial charge on any atom is 0.276 e. The first-order chi connectivity index (χ1) is 13.6. The molecule has 4 heterocycles. The molecular formula is C20H27N5O3. The van der Waals surface area contributed by atoms with Crippen LogP contribution >= 0.6 is 0 Å². The zero-order valence-electron chi connectivity index (χ0n) is 16.2. The van der Waals surface area contributed by atoms with E-state index in [0.29, 0.717) is 13.2 Å². The fourth-order valence-electron chi connectivity index (χ4n) is 4.20. The molecule has 2 aromatic rings. The van der Waals surface area contributed by atoms with Crippen LogP contribution in [0.1, 0.15) is 41.4 Å². The standard InChI is InChI=1S/C20H27N5O3/c1-23-13-15(12-22-23)19-17(14-24-8-3-2-4-9-24)28-11-10-25(19)20(27)18-16(26)6-5-7-21-18/h5-7,12-13,17,19,26H,2-4,8-11,14H2,1H3/t17-,19-/m0/s1. The second-order valence-electron chi connectivity index (χ2n) is 7.53. The van der Waals surface area contributed by atoms with Crippen molar-refractivity contribution in [2.24, 2.45) is 7.05 Å². The summed E-state index contributed by atoms with van der Waals surface area (Å²) in [6, 6.07) is 2.84. The number of carbonyl (C=O) groups excluding carboxylic acids is 1. The zero-order valence-corrected chi connectivity index (χ0v) is 16.2. The normalized spacial score (nSPS) is 23.7. The number of morpholine rings is 1. The third kappa shape index (κ3) is 3.88. The van der Waals surface area contributed by atoms with Crippen LogP contribution in [0, 0.1) is 0 Å². The molecule has 28 heavy (non-hydrogen) atoms. The van der Waals surface area contributed by atoms with E-state index in [1.54, 1.807) is 21.8 Å². The summed E-state index contributed by atoms with van der Waals surface area (Å²) in [5, 5.41) is 14.4. The number of hydrogen-bond acceptors (Lipinski definition) is 6. The first-order valence-electron chi connectivity index (χ1n) is 9.91. The molecule has 8 nitrogen and oxygen atoms in total. The van der Waals surface area contributed by atoms with E-state index in [4.69, 9.17) is 4.74 Å². The predicted octanol–water partition coefficient (Wildman–Crippen LogP) is 1.59. The van der Waals surface area contributed by atoms with Crippen LogP contribution in [0.4, 0.5) is 0 Å². The van der Waals surface area contributed by atoms with Crippen molar-refractivity contribution in [2.45, 2.75) is 31.4 Å². The molecule has 2 aliphatic rings. The van der Waals surface area contributed by atoms with Gasteiger partial charge in [-0.1, -0.05) is 6.42 Å². The van der Waals surface area contributed by atoms with Gasteiger partial charge in [-0.25, -0.2) is 4.98 Å². The summed E-state index contributed by atoms with van der Waals surface area (Å²) >= 11 is 0. The number of aromatic hydroxyl groups is 1. The quantitative estimate of drug-likeness (QED) is 0.861. The molecule has 2 atom stereocenters. The Hall–Kier alpha value is -2.45. The summed E-state index contributed by atoms with van der Waals surface area (Å²) in [5.41, 5.74) is 1.02. The Balaban J connectivity index is 1.63. The average molecular weight is 385 g/mol. The van der Waals surface area contributed by atoms with E-state index in [9.17, 15) is 9.90 Å². The number of nitrogens with zero attached hydrogens (tertiary/aromatic N) is 5. The van der Waals surface area contributed by atoms with Crippen LogP contribution in [-0.4, -0.2) is 74.5 Å². The summed E-state index contributed by atoms with van der Waals surface area (Å²) in [6.45, 7) is 3.82. The summed E-state index contributed by atoms with van der Waals surface area (Å²) in [7, 11) is 1.86. The zero-order chi connectivity index (χ0) is 19.5. The van der Waals surface area contributed by atoms with E-state index in [1.165, 1.54) is 31.5 Å². The van der Waals surface area contributed by atoms with Crippen LogP contribution < -0.4 is 0 Å². The average Bonchev–Trinajstić information content (AvgIpc) is 3.14. The molecule has 0 aliphatic carbocycles. The Bertz CT molecular complexity index is 818.